The number of carbonyl (C=O) groups excluding carboxylic acids is 1. The van der Waals surface area contributed by atoms with E-state index < -0.39 is 5.91 Å². The number of anilines is 2. The fourth-order valence-corrected chi connectivity index (χ4v) is 3.15. The predicted octanol–water partition coefficient (Wildman–Crippen LogP) is 1.92. The van der Waals surface area contributed by atoms with Gasteiger partial charge in [0.15, 0.2) is 5.76 Å². The van der Waals surface area contributed by atoms with Crippen LogP contribution in [0.15, 0.2) is 52.1 Å². The first-order valence-corrected chi connectivity index (χ1v) is 9.18. The van der Waals surface area contributed by atoms with Crippen LogP contribution >= 0.6 is 0 Å². The van der Waals surface area contributed by atoms with Gasteiger partial charge in [0.05, 0.1) is 6.26 Å². The van der Waals surface area contributed by atoms with Crippen LogP contribution in [-0.2, 0) is 11.3 Å². The molecule has 0 spiro atoms. The lowest BCUT2D eigenvalue weighted by Crippen LogP contribution is -2.31. The average Bonchev–Trinajstić information content (AvgIpc) is 3.25. The molecule has 1 aliphatic heterocycles. The van der Waals surface area contributed by atoms with E-state index in [0.29, 0.717) is 17.3 Å². The van der Waals surface area contributed by atoms with Crippen molar-refractivity contribution in [2.75, 3.05) is 23.3 Å². The summed E-state index contributed by atoms with van der Waals surface area (Å²) in [5.41, 5.74) is 0.106. The third-order valence-electron chi connectivity index (χ3n) is 4.53. The lowest BCUT2D eigenvalue weighted by Gasteiger charge is -2.27. The van der Waals surface area contributed by atoms with E-state index in [1.807, 2.05) is 0 Å². The molecule has 9 heteroatoms. The van der Waals surface area contributed by atoms with Gasteiger partial charge in [0.2, 0.25) is 5.91 Å². The lowest BCUT2D eigenvalue weighted by molar-refractivity contribution is -0.117. The molecule has 1 saturated heterocycles. The summed E-state index contributed by atoms with van der Waals surface area (Å²) in [4.78, 5) is 35.0. The standard InChI is InChI=1S/C19H20N6O3/c26-18(12-25-19(27)7-6-14(23-25)15-5-4-10-28-15)22-16-11-17(21-13-20-16)24-8-2-1-3-9-24/h4-7,10-11,13H,1-3,8-9,12H2,(H,20,21,22,26). The lowest BCUT2D eigenvalue weighted by atomic mass is 10.1. The molecular formula is C19H20N6O3. The van der Waals surface area contributed by atoms with Gasteiger partial charge in [-0.3, -0.25) is 9.59 Å². The molecule has 0 radical (unpaired) electrons. The zero-order valence-electron chi connectivity index (χ0n) is 15.2. The average molecular weight is 380 g/mol. The molecule has 0 aliphatic carbocycles. The largest absolute Gasteiger partial charge is 0.463 e. The molecule has 1 fully saturated rings. The highest BCUT2D eigenvalue weighted by Gasteiger charge is 2.14. The van der Waals surface area contributed by atoms with Gasteiger partial charge in [-0.25, -0.2) is 14.6 Å². The van der Waals surface area contributed by atoms with Crippen LogP contribution < -0.4 is 15.8 Å². The molecule has 0 saturated carbocycles. The molecule has 4 rings (SSSR count). The highest BCUT2D eigenvalue weighted by Crippen LogP contribution is 2.19. The highest BCUT2D eigenvalue weighted by molar-refractivity contribution is 5.89. The fraction of sp³-hybridized carbons (Fsp3) is 0.316. The van der Waals surface area contributed by atoms with E-state index in [4.69, 9.17) is 4.42 Å². The minimum atomic E-state index is -0.394. The van der Waals surface area contributed by atoms with Crippen molar-refractivity contribution in [3.63, 3.8) is 0 Å². The first kappa shape index (κ1) is 17.9. The Labute approximate surface area is 161 Å². The Kier molecular flexibility index (Phi) is 5.14. The molecule has 1 N–H and O–H groups in total. The van der Waals surface area contributed by atoms with Gasteiger partial charge in [-0.1, -0.05) is 0 Å². The van der Waals surface area contributed by atoms with Crippen molar-refractivity contribution >= 4 is 17.5 Å². The molecule has 1 aliphatic rings. The van der Waals surface area contributed by atoms with Crippen LogP contribution in [-0.4, -0.2) is 38.7 Å². The molecule has 3 aromatic heterocycles. The van der Waals surface area contributed by atoms with Gasteiger partial charge < -0.3 is 14.6 Å². The van der Waals surface area contributed by atoms with E-state index in [-0.39, 0.29) is 12.1 Å². The Morgan fingerprint density at radius 3 is 2.79 bits per heavy atom. The van der Waals surface area contributed by atoms with Crippen LogP contribution in [0.3, 0.4) is 0 Å². The Morgan fingerprint density at radius 1 is 1.14 bits per heavy atom. The summed E-state index contributed by atoms with van der Waals surface area (Å²) < 4.78 is 6.38. The summed E-state index contributed by atoms with van der Waals surface area (Å²) >= 11 is 0. The second kappa shape index (κ2) is 8.03. The molecule has 0 aromatic carbocycles. The van der Waals surface area contributed by atoms with Crippen LogP contribution in [0.5, 0.6) is 0 Å². The first-order valence-electron chi connectivity index (χ1n) is 9.18. The van der Waals surface area contributed by atoms with Crippen LogP contribution in [0.1, 0.15) is 19.3 Å². The second-order valence-corrected chi connectivity index (χ2v) is 6.55. The number of furan rings is 1. The van der Waals surface area contributed by atoms with Gasteiger partial charge >= 0.3 is 0 Å². The van der Waals surface area contributed by atoms with E-state index in [1.54, 1.807) is 24.3 Å². The van der Waals surface area contributed by atoms with Crippen molar-refractivity contribution in [1.82, 2.24) is 19.7 Å². The Morgan fingerprint density at radius 2 is 2.00 bits per heavy atom. The molecule has 3 aromatic rings. The number of hydrogen-bond donors (Lipinski definition) is 1. The highest BCUT2D eigenvalue weighted by atomic mass is 16.3. The topological polar surface area (TPSA) is 106 Å². The number of hydrogen-bond acceptors (Lipinski definition) is 7. The van der Waals surface area contributed by atoms with Gasteiger partial charge in [-0.05, 0) is 37.5 Å². The number of nitrogens with one attached hydrogen (secondary N) is 1. The fourth-order valence-electron chi connectivity index (χ4n) is 3.15. The molecule has 28 heavy (non-hydrogen) atoms. The second-order valence-electron chi connectivity index (χ2n) is 6.55. The van der Waals surface area contributed by atoms with Gasteiger partial charge in [-0.15, -0.1) is 0 Å². The Bertz CT molecular complexity index is 1010. The van der Waals surface area contributed by atoms with Crippen molar-refractivity contribution in [3.05, 3.63) is 53.3 Å². The smallest absolute Gasteiger partial charge is 0.267 e. The quantitative estimate of drug-likeness (QED) is 0.721. The first-order chi connectivity index (χ1) is 13.7. The Balaban J connectivity index is 1.46. The summed E-state index contributed by atoms with van der Waals surface area (Å²) in [5, 5.41) is 6.91. The van der Waals surface area contributed by atoms with Crippen molar-refractivity contribution in [1.29, 1.82) is 0 Å². The minimum absolute atomic E-state index is 0.226. The third kappa shape index (κ3) is 4.08. The van der Waals surface area contributed by atoms with Gasteiger partial charge in [0.25, 0.3) is 5.56 Å². The van der Waals surface area contributed by atoms with Crippen molar-refractivity contribution < 1.29 is 9.21 Å². The molecule has 0 unspecified atom stereocenters. The number of nitrogens with zero attached hydrogens (tertiary/aromatic N) is 5. The normalized spacial score (nSPS) is 14.1. The molecule has 0 atom stereocenters. The predicted molar refractivity (Wildman–Crippen MR) is 103 cm³/mol. The van der Waals surface area contributed by atoms with Crippen molar-refractivity contribution in [3.8, 4) is 11.5 Å². The van der Waals surface area contributed by atoms with E-state index in [1.165, 1.54) is 25.1 Å². The number of carbonyl (C=O) groups is 1. The van der Waals surface area contributed by atoms with E-state index in [0.717, 1.165) is 36.4 Å². The number of piperidine rings is 1. The third-order valence-corrected chi connectivity index (χ3v) is 4.53. The maximum absolute atomic E-state index is 12.4. The van der Waals surface area contributed by atoms with Gasteiger partial charge in [0, 0.05) is 25.2 Å². The molecule has 9 nitrogen and oxygen atoms in total. The van der Waals surface area contributed by atoms with E-state index in [9.17, 15) is 9.59 Å². The zero-order valence-corrected chi connectivity index (χ0v) is 15.2. The van der Waals surface area contributed by atoms with Gasteiger partial charge in [-0.2, -0.15) is 5.10 Å². The minimum Gasteiger partial charge on any atom is -0.463 e. The molecule has 1 amide bonds. The summed E-state index contributed by atoms with van der Waals surface area (Å²) in [6, 6.07) is 8.13. The van der Waals surface area contributed by atoms with Crippen LogP contribution in [0, 0.1) is 0 Å². The number of amides is 1. The number of rotatable bonds is 5. The zero-order chi connectivity index (χ0) is 19.3. The Hall–Kier alpha value is -3.49. The summed E-state index contributed by atoms with van der Waals surface area (Å²) in [7, 11) is 0. The molecule has 144 valence electrons. The van der Waals surface area contributed by atoms with Crippen LogP contribution in [0.25, 0.3) is 11.5 Å². The van der Waals surface area contributed by atoms with E-state index in [2.05, 4.69) is 25.3 Å². The summed E-state index contributed by atoms with van der Waals surface area (Å²) in [6.07, 6.45) is 6.44. The van der Waals surface area contributed by atoms with Crippen LogP contribution in [0.2, 0.25) is 0 Å². The molecule has 0 bridgehead atoms. The van der Waals surface area contributed by atoms with Crippen LogP contribution in [0.4, 0.5) is 11.6 Å². The summed E-state index contributed by atoms with van der Waals surface area (Å²) in [6.45, 7) is 1.67. The maximum atomic E-state index is 12.4. The van der Waals surface area contributed by atoms with E-state index >= 15 is 0 Å². The maximum Gasteiger partial charge on any atom is 0.267 e. The monoisotopic (exact) mass is 380 g/mol. The van der Waals surface area contributed by atoms with Crippen molar-refractivity contribution in [2.45, 2.75) is 25.8 Å². The van der Waals surface area contributed by atoms with Gasteiger partial charge in [0.1, 0.15) is 30.2 Å². The SMILES string of the molecule is O=C(Cn1nc(-c2ccco2)ccc1=O)Nc1cc(N2CCCCC2)ncn1. The molecule has 4 heterocycles. The summed E-state index contributed by atoms with van der Waals surface area (Å²) in [5.74, 6) is 1.32. The van der Waals surface area contributed by atoms with Crippen molar-refractivity contribution in [2.24, 2.45) is 0 Å². The molecular weight excluding hydrogens is 360 g/mol. The number of aromatic nitrogens is 4.